The van der Waals surface area contributed by atoms with Gasteiger partial charge in [-0.1, -0.05) is 0 Å². The van der Waals surface area contributed by atoms with Crippen LogP contribution in [0, 0.1) is 0 Å². The Hall–Kier alpha value is -2.24. The number of anilines is 1. The Bertz CT molecular complexity index is 515. The molecule has 18 heavy (non-hydrogen) atoms. The van der Waals surface area contributed by atoms with Gasteiger partial charge in [0.05, 0.1) is 12.0 Å². The van der Waals surface area contributed by atoms with Crippen LogP contribution in [0.2, 0.25) is 0 Å². The molecule has 0 aliphatic heterocycles. The van der Waals surface area contributed by atoms with Gasteiger partial charge in [0.15, 0.2) is 0 Å². The molecule has 3 N–H and O–H groups in total. The van der Waals surface area contributed by atoms with Gasteiger partial charge in [-0.15, -0.1) is 0 Å². The molecule has 0 spiro atoms. The van der Waals surface area contributed by atoms with Crippen LogP contribution in [-0.2, 0) is 13.1 Å². The zero-order chi connectivity index (χ0) is 13.0. The Balaban J connectivity index is 1.91. The first-order valence-electron chi connectivity index (χ1n) is 5.90. The van der Waals surface area contributed by atoms with Crippen molar-refractivity contribution in [2.45, 2.75) is 20.0 Å². The lowest BCUT2D eigenvalue weighted by atomic mass is 10.3. The lowest BCUT2D eigenvalue weighted by molar-refractivity contribution is 0.0943. The fraction of sp³-hybridized carbons (Fsp3) is 0.333. The second-order valence-electron chi connectivity index (χ2n) is 4.00. The van der Waals surface area contributed by atoms with Crippen molar-refractivity contribution in [1.82, 2.24) is 19.4 Å². The molecular formula is C12H17N5O. The minimum atomic E-state index is -0.103. The molecule has 0 aliphatic carbocycles. The molecule has 2 aromatic heterocycles. The number of rotatable bonds is 5. The van der Waals surface area contributed by atoms with E-state index in [9.17, 15) is 4.79 Å². The number of nitrogen functional groups attached to an aromatic ring is 1. The van der Waals surface area contributed by atoms with E-state index >= 15 is 0 Å². The number of nitrogens with one attached hydrogen (secondary N) is 1. The van der Waals surface area contributed by atoms with Gasteiger partial charge >= 0.3 is 0 Å². The van der Waals surface area contributed by atoms with Gasteiger partial charge in [0, 0.05) is 38.2 Å². The highest BCUT2D eigenvalue weighted by Gasteiger charge is 2.11. The van der Waals surface area contributed by atoms with Crippen molar-refractivity contribution < 1.29 is 4.79 Å². The van der Waals surface area contributed by atoms with E-state index in [1.807, 2.05) is 22.3 Å². The van der Waals surface area contributed by atoms with Crippen molar-refractivity contribution in [3.63, 3.8) is 0 Å². The van der Waals surface area contributed by atoms with Gasteiger partial charge in [-0.25, -0.2) is 4.98 Å². The van der Waals surface area contributed by atoms with Gasteiger partial charge in [0.1, 0.15) is 5.69 Å². The summed E-state index contributed by atoms with van der Waals surface area (Å²) in [5.41, 5.74) is 6.89. The lowest BCUT2D eigenvalue weighted by Gasteiger charge is -2.07. The average Bonchev–Trinajstić information content (AvgIpc) is 2.98. The van der Waals surface area contributed by atoms with Gasteiger partial charge < -0.3 is 20.2 Å². The molecule has 0 saturated carbocycles. The van der Waals surface area contributed by atoms with E-state index in [2.05, 4.69) is 10.3 Å². The standard InChI is InChI=1S/C12H17N5O/c1-2-17-8-10(13)7-11(17)12(18)15-4-6-16-5-3-14-9-16/h3,5,7-9H,2,4,6,13H2,1H3,(H,15,18). The van der Waals surface area contributed by atoms with Crippen molar-refractivity contribution in [2.24, 2.45) is 0 Å². The van der Waals surface area contributed by atoms with Gasteiger partial charge in [-0.05, 0) is 13.0 Å². The molecular weight excluding hydrogens is 230 g/mol. The van der Waals surface area contributed by atoms with Crippen molar-refractivity contribution in [3.05, 3.63) is 36.7 Å². The molecule has 0 bridgehead atoms. The number of aryl methyl sites for hydroxylation is 1. The summed E-state index contributed by atoms with van der Waals surface area (Å²) in [4.78, 5) is 15.9. The number of imidazole rings is 1. The highest BCUT2D eigenvalue weighted by Crippen LogP contribution is 2.10. The van der Waals surface area contributed by atoms with E-state index in [4.69, 9.17) is 5.73 Å². The minimum Gasteiger partial charge on any atom is -0.397 e. The van der Waals surface area contributed by atoms with Crippen LogP contribution in [0.15, 0.2) is 31.0 Å². The highest BCUT2D eigenvalue weighted by molar-refractivity contribution is 5.93. The van der Waals surface area contributed by atoms with Crippen LogP contribution in [0.4, 0.5) is 5.69 Å². The lowest BCUT2D eigenvalue weighted by Crippen LogP contribution is -2.28. The van der Waals surface area contributed by atoms with Gasteiger partial charge in [-0.3, -0.25) is 4.79 Å². The van der Waals surface area contributed by atoms with E-state index in [0.29, 0.717) is 24.5 Å². The summed E-state index contributed by atoms with van der Waals surface area (Å²) in [6.07, 6.45) is 7.06. The Kier molecular flexibility index (Phi) is 3.66. The highest BCUT2D eigenvalue weighted by atomic mass is 16.1. The molecule has 1 amide bonds. The predicted molar refractivity (Wildman–Crippen MR) is 69.1 cm³/mol. The number of carbonyl (C=O) groups excluding carboxylic acids is 1. The summed E-state index contributed by atoms with van der Waals surface area (Å²) >= 11 is 0. The molecule has 2 heterocycles. The molecule has 0 atom stereocenters. The average molecular weight is 247 g/mol. The maximum atomic E-state index is 12.0. The van der Waals surface area contributed by atoms with Gasteiger partial charge in [0.2, 0.25) is 0 Å². The molecule has 96 valence electrons. The normalized spacial score (nSPS) is 10.5. The van der Waals surface area contributed by atoms with E-state index < -0.39 is 0 Å². The fourth-order valence-corrected chi connectivity index (χ4v) is 1.79. The topological polar surface area (TPSA) is 77.9 Å². The third-order valence-electron chi connectivity index (χ3n) is 2.71. The second kappa shape index (κ2) is 5.39. The van der Waals surface area contributed by atoms with E-state index in [-0.39, 0.29) is 5.91 Å². The molecule has 2 aromatic rings. The number of aromatic nitrogens is 3. The molecule has 6 heteroatoms. The zero-order valence-corrected chi connectivity index (χ0v) is 10.3. The number of nitrogens with zero attached hydrogens (tertiary/aromatic N) is 3. The minimum absolute atomic E-state index is 0.103. The van der Waals surface area contributed by atoms with Crippen molar-refractivity contribution in [2.75, 3.05) is 12.3 Å². The third kappa shape index (κ3) is 2.71. The second-order valence-corrected chi connectivity index (χ2v) is 4.00. The SMILES string of the molecule is CCn1cc(N)cc1C(=O)NCCn1ccnc1. The molecule has 0 radical (unpaired) electrons. The molecule has 0 fully saturated rings. The zero-order valence-electron chi connectivity index (χ0n) is 10.3. The Morgan fingerprint density at radius 2 is 2.39 bits per heavy atom. The number of amides is 1. The fourth-order valence-electron chi connectivity index (χ4n) is 1.79. The summed E-state index contributed by atoms with van der Waals surface area (Å²) in [6.45, 7) is 3.96. The van der Waals surface area contributed by atoms with E-state index in [0.717, 1.165) is 6.54 Å². The maximum Gasteiger partial charge on any atom is 0.268 e. The first kappa shape index (κ1) is 12.2. The van der Waals surface area contributed by atoms with Gasteiger partial charge in [-0.2, -0.15) is 0 Å². The summed E-state index contributed by atoms with van der Waals surface area (Å²) in [7, 11) is 0. The van der Waals surface area contributed by atoms with Crippen LogP contribution in [-0.4, -0.2) is 26.6 Å². The first-order valence-corrected chi connectivity index (χ1v) is 5.90. The van der Waals surface area contributed by atoms with Crippen LogP contribution in [0.5, 0.6) is 0 Å². The molecule has 0 aromatic carbocycles. The van der Waals surface area contributed by atoms with Crippen LogP contribution in [0.1, 0.15) is 17.4 Å². The van der Waals surface area contributed by atoms with Crippen LogP contribution in [0.3, 0.4) is 0 Å². The van der Waals surface area contributed by atoms with Crippen molar-refractivity contribution in [1.29, 1.82) is 0 Å². The van der Waals surface area contributed by atoms with Crippen molar-refractivity contribution in [3.8, 4) is 0 Å². The maximum absolute atomic E-state index is 12.0. The Labute approximate surface area is 105 Å². The first-order chi connectivity index (χ1) is 8.70. The monoisotopic (exact) mass is 247 g/mol. The molecule has 6 nitrogen and oxygen atoms in total. The number of hydrogen-bond acceptors (Lipinski definition) is 3. The predicted octanol–water partition coefficient (Wildman–Crippen LogP) is 0.717. The Morgan fingerprint density at radius 1 is 1.56 bits per heavy atom. The summed E-state index contributed by atoms with van der Waals surface area (Å²) in [5, 5.41) is 2.86. The summed E-state index contributed by atoms with van der Waals surface area (Å²) in [5.74, 6) is -0.103. The number of carbonyl (C=O) groups is 1. The number of nitrogens with two attached hydrogens (primary N) is 1. The quantitative estimate of drug-likeness (QED) is 0.817. The van der Waals surface area contributed by atoms with Crippen LogP contribution >= 0.6 is 0 Å². The third-order valence-corrected chi connectivity index (χ3v) is 2.71. The van der Waals surface area contributed by atoms with E-state index in [1.54, 1.807) is 24.8 Å². The summed E-state index contributed by atoms with van der Waals surface area (Å²) < 4.78 is 3.75. The van der Waals surface area contributed by atoms with Gasteiger partial charge in [0.25, 0.3) is 5.91 Å². The Morgan fingerprint density at radius 3 is 3.06 bits per heavy atom. The molecule has 0 unspecified atom stereocenters. The molecule has 0 saturated heterocycles. The van der Waals surface area contributed by atoms with Crippen molar-refractivity contribution >= 4 is 11.6 Å². The smallest absolute Gasteiger partial charge is 0.268 e. The molecule has 0 aliphatic rings. The summed E-state index contributed by atoms with van der Waals surface area (Å²) in [6, 6.07) is 1.69. The van der Waals surface area contributed by atoms with E-state index in [1.165, 1.54) is 0 Å². The van der Waals surface area contributed by atoms with Crippen LogP contribution in [0.25, 0.3) is 0 Å². The largest absolute Gasteiger partial charge is 0.397 e. The van der Waals surface area contributed by atoms with Crippen LogP contribution < -0.4 is 11.1 Å². The number of hydrogen-bond donors (Lipinski definition) is 2. The molecule has 2 rings (SSSR count).